The van der Waals surface area contributed by atoms with Crippen molar-refractivity contribution in [2.75, 3.05) is 20.3 Å². The van der Waals surface area contributed by atoms with Crippen molar-refractivity contribution in [2.24, 2.45) is 5.41 Å². The molecule has 4 aliphatic rings. The fourth-order valence-electron chi connectivity index (χ4n) is 4.71. The molecule has 3 heterocycles. The number of Topliss-reactive ketones (excluding diaryl/α,β-unsaturated/α-hetero) is 1. The molecule has 138 valence electrons. The van der Waals surface area contributed by atoms with E-state index in [1.165, 1.54) is 7.11 Å². The van der Waals surface area contributed by atoms with E-state index in [2.05, 4.69) is 0 Å². The summed E-state index contributed by atoms with van der Waals surface area (Å²) >= 11 is 0. The number of esters is 1. The van der Waals surface area contributed by atoms with Gasteiger partial charge in [0.05, 0.1) is 24.7 Å². The summed E-state index contributed by atoms with van der Waals surface area (Å²) in [5.74, 6) is -0.218. The third-order valence-corrected chi connectivity index (χ3v) is 6.26. The first-order valence-corrected chi connectivity index (χ1v) is 9.31. The van der Waals surface area contributed by atoms with Crippen molar-refractivity contribution in [2.45, 2.75) is 69.9 Å². The molecule has 0 N–H and O–H groups in total. The number of methoxy groups -OCH3 is 1. The van der Waals surface area contributed by atoms with Crippen LogP contribution >= 0.6 is 0 Å². The number of ketones is 1. The van der Waals surface area contributed by atoms with E-state index >= 15 is 0 Å². The highest BCUT2D eigenvalue weighted by molar-refractivity contribution is 6.06. The Hall–Kier alpha value is -1.24. The summed E-state index contributed by atoms with van der Waals surface area (Å²) in [5.41, 5.74) is 0.0674. The largest absolute Gasteiger partial charge is 0.466 e. The summed E-state index contributed by atoms with van der Waals surface area (Å²) in [7, 11) is 1.38. The van der Waals surface area contributed by atoms with E-state index in [4.69, 9.17) is 18.9 Å². The topological polar surface area (TPSA) is 71.1 Å². The van der Waals surface area contributed by atoms with Gasteiger partial charge in [-0.2, -0.15) is 0 Å². The Morgan fingerprint density at radius 2 is 2.12 bits per heavy atom. The number of ether oxygens (including phenoxy) is 4. The predicted molar refractivity (Wildman–Crippen MR) is 87.8 cm³/mol. The van der Waals surface area contributed by atoms with Crippen molar-refractivity contribution in [1.29, 1.82) is 0 Å². The minimum atomic E-state index is -0.815. The van der Waals surface area contributed by atoms with E-state index in [0.717, 1.165) is 50.7 Å². The zero-order valence-corrected chi connectivity index (χ0v) is 15.0. The molecule has 6 nitrogen and oxygen atoms in total. The fraction of sp³-hybridized carbons (Fsp3) is 0.789. The summed E-state index contributed by atoms with van der Waals surface area (Å²) < 4.78 is 22.4. The van der Waals surface area contributed by atoms with Crippen molar-refractivity contribution in [1.82, 2.24) is 0 Å². The van der Waals surface area contributed by atoms with Crippen LogP contribution in [0.25, 0.3) is 0 Å². The number of hydrogen-bond donors (Lipinski definition) is 0. The molecule has 4 rings (SSSR count). The van der Waals surface area contributed by atoms with E-state index in [-0.39, 0.29) is 18.0 Å². The fourth-order valence-corrected chi connectivity index (χ4v) is 4.71. The summed E-state index contributed by atoms with van der Waals surface area (Å²) in [5, 5.41) is 0. The van der Waals surface area contributed by atoms with Crippen LogP contribution in [-0.2, 0) is 28.5 Å². The Morgan fingerprint density at radius 3 is 2.76 bits per heavy atom. The molecule has 25 heavy (non-hydrogen) atoms. The van der Waals surface area contributed by atoms with Crippen molar-refractivity contribution in [3.05, 3.63) is 11.1 Å². The summed E-state index contributed by atoms with van der Waals surface area (Å²) in [4.78, 5) is 25.1. The predicted octanol–water partition coefficient (Wildman–Crippen LogP) is 2.30. The lowest BCUT2D eigenvalue weighted by Gasteiger charge is -2.30. The molecular formula is C19H26O6. The Labute approximate surface area is 147 Å². The van der Waals surface area contributed by atoms with Crippen molar-refractivity contribution < 1.29 is 28.5 Å². The second-order valence-electron chi connectivity index (χ2n) is 7.64. The Balaban J connectivity index is 1.45. The van der Waals surface area contributed by atoms with Gasteiger partial charge in [0.2, 0.25) is 0 Å². The highest BCUT2D eigenvalue weighted by Gasteiger charge is 2.76. The lowest BCUT2D eigenvalue weighted by molar-refractivity contribution is -0.162. The molecule has 0 radical (unpaired) electrons. The third-order valence-electron chi connectivity index (χ3n) is 6.26. The number of rotatable bonds is 6. The van der Waals surface area contributed by atoms with Gasteiger partial charge in [0.15, 0.2) is 12.1 Å². The van der Waals surface area contributed by atoms with Crippen LogP contribution in [0.3, 0.4) is 0 Å². The zero-order chi connectivity index (χ0) is 17.7. The second kappa shape index (κ2) is 6.18. The lowest BCUT2D eigenvalue weighted by atomic mass is 9.71. The maximum absolute atomic E-state index is 12.7. The van der Waals surface area contributed by atoms with Gasteiger partial charge in [-0.1, -0.05) is 0 Å². The van der Waals surface area contributed by atoms with E-state index in [1.54, 1.807) is 0 Å². The van der Waals surface area contributed by atoms with Crippen LogP contribution < -0.4 is 0 Å². The first-order valence-electron chi connectivity index (χ1n) is 9.31. The quantitative estimate of drug-likeness (QED) is 0.541. The van der Waals surface area contributed by atoms with Gasteiger partial charge in [-0.15, -0.1) is 0 Å². The lowest BCUT2D eigenvalue weighted by Crippen LogP contribution is -2.43. The number of hydrogen-bond acceptors (Lipinski definition) is 6. The van der Waals surface area contributed by atoms with E-state index in [1.807, 2.05) is 6.92 Å². The van der Waals surface area contributed by atoms with Gasteiger partial charge in [0.1, 0.15) is 11.7 Å². The van der Waals surface area contributed by atoms with E-state index in [9.17, 15) is 9.59 Å². The smallest absolute Gasteiger partial charge is 0.336 e. The van der Waals surface area contributed by atoms with Crippen LogP contribution in [0.2, 0.25) is 0 Å². The maximum Gasteiger partial charge on any atom is 0.336 e. The normalized spacial score (nSPS) is 35.5. The molecule has 3 aliphatic heterocycles. The molecule has 3 fully saturated rings. The molecule has 6 heteroatoms. The van der Waals surface area contributed by atoms with Crippen LogP contribution in [0.1, 0.15) is 51.9 Å². The second-order valence-corrected chi connectivity index (χ2v) is 7.64. The highest BCUT2D eigenvalue weighted by Crippen LogP contribution is 2.68. The molecule has 2 bridgehead atoms. The average molecular weight is 350 g/mol. The van der Waals surface area contributed by atoms with Gasteiger partial charge in [0, 0.05) is 6.61 Å². The van der Waals surface area contributed by atoms with Gasteiger partial charge in [-0.25, -0.2) is 4.79 Å². The van der Waals surface area contributed by atoms with Gasteiger partial charge >= 0.3 is 5.97 Å². The van der Waals surface area contributed by atoms with Gasteiger partial charge in [0.25, 0.3) is 0 Å². The molecule has 0 aromatic carbocycles. The van der Waals surface area contributed by atoms with Crippen LogP contribution in [-0.4, -0.2) is 50.1 Å². The molecule has 0 aromatic rings. The Kier molecular flexibility index (Phi) is 4.25. The molecule has 3 atom stereocenters. The molecule has 0 aromatic heterocycles. The van der Waals surface area contributed by atoms with Gasteiger partial charge < -0.3 is 18.9 Å². The minimum absolute atomic E-state index is 0.118. The summed E-state index contributed by atoms with van der Waals surface area (Å²) in [6, 6.07) is 0. The number of carbonyl (C=O) groups is 2. The van der Waals surface area contributed by atoms with Crippen molar-refractivity contribution in [3.8, 4) is 0 Å². The van der Waals surface area contributed by atoms with Crippen LogP contribution in [0.5, 0.6) is 0 Å². The first-order chi connectivity index (χ1) is 12.0. The van der Waals surface area contributed by atoms with Gasteiger partial charge in [-0.3, -0.25) is 4.79 Å². The highest BCUT2D eigenvalue weighted by atomic mass is 16.7. The zero-order valence-electron chi connectivity index (χ0n) is 15.0. The third kappa shape index (κ3) is 2.49. The summed E-state index contributed by atoms with van der Waals surface area (Å²) in [6.45, 7) is 3.18. The first kappa shape index (κ1) is 17.2. The van der Waals surface area contributed by atoms with E-state index in [0.29, 0.717) is 18.6 Å². The minimum Gasteiger partial charge on any atom is -0.466 e. The van der Waals surface area contributed by atoms with Crippen molar-refractivity contribution >= 4 is 11.8 Å². The molecule has 1 aliphatic carbocycles. The van der Waals surface area contributed by atoms with Crippen LogP contribution in [0.4, 0.5) is 0 Å². The monoisotopic (exact) mass is 350 g/mol. The van der Waals surface area contributed by atoms with Gasteiger partial charge in [-0.05, 0) is 57.4 Å². The summed E-state index contributed by atoms with van der Waals surface area (Å²) in [6.07, 6.45) is 5.40. The molecule has 2 saturated heterocycles. The van der Waals surface area contributed by atoms with Crippen LogP contribution in [0.15, 0.2) is 11.1 Å². The Morgan fingerprint density at radius 1 is 1.32 bits per heavy atom. The maximum atomic E-state index is 12.7. The Bertz CT molecular complexity index is 613. The molecule has 1 saturated carbocycles. The van der Waals surface area contributed by atoms with Crippen molar-refractivity contribution in [3.63, 3.8) is 0 Å². The molecule has 1 unspecified atom stereocenters. The SMILES string of the molecule is COC(=O)C1=C(CCCOC2CCCCO2)[C@H]2O[C@]1(C)C1(CC1)C2=O. The molecule has 1 spiro atoms. The number of carbonyl (C=O) groups excluding carboxylic acids is 2. The van der Waals surface area contributed by atoms with Crippen LogP contribution in [0, 0.1) is 5.41 Å². The molecule has 0 amide bonds. The number of fused-ring (bicyclic) bond motifs is 3. The standard InChI is InChI=1S/C19H26O6/c1-18-14(17(21)22-2)12(15(25-18)16(20)19(18)8-9-19)6-5-11-24-13-7-3-4-10-23-13/h13,15H,3-11H2,1-2H3/t13?,15-,18+/m1/s1. The average Bonchev–Trinajstić information content (AvgIpc) is 3.34. The van der Waals surface area contributed by atoms with E-state index < -0.39 is 17.1 Å². The molecular weight excluding hydrogens is 324 g/mol.